The van der Waals surface area contributed by atoms with Crippen molar-refractivity contribution >= 4 is 23.6 Å². The lowest BCUT2D eigenvalue weighted by Crippen LogP contribution is -2.06. The standard InChI is InChI=1S/C17H21ClO2/c1-2-14-13(9-11-16(19)20)8-10-15(17(14)18)12-6-4-3-5-7-12/h8-12H,2-7H2,1H3,(H,19,20). The summed E-state index contributed by atoms with van der Waals surface area (Å²) in [5, 5.41) is 9.59. The maximum absolute atomic E-state index is 10.7. The van der Waals surface area contributed by atoms with Gasteiger partial charge in [0, 0.05) is 11.1 Å². The molecular formula is C17H21ClO2. The zero-order valence-electron chi connectivity index (χ0n) is 11.9. The SMILES string of the molecule is CCc1c(C=CC(=O)O)ccc(C2CCCCC2)c1Cl. The van der Waals surface area contributed by atoms with Crippen LogP contribution in [0.5, 0.6) is 0 Å². The van der Waals surface area contributed by atoms with E-state index in [-0.39, 0.29) is 0 Å². The molecule has 1 aromatic rings. The van der Waals surface area contributed by atoms with Gasteiger partial charge in [-0.1, -0.05) is 49.9 Å². The number of carbonyl (C=O) groups is 1. The summed E-state index contributed by atoms with van der Waals surface area (Å²) in [4.78, 5) is 10.7. The molecule has 1 saturated carbocycles. The normalized spacial score (nSPS) is 16.7. The van der Waals surface area contributed by atoms with E-state index in [1.165, 1.54) is 43.7 Å². The Bertz CT molecular complexity index is 514. The van der Waals surface area contributed by atoms with Gasteiger partial charge in [0.1, 0.15) is 0 Å². The third-order valence-electron chi connectivity index (χ3n) is 4.11. The molecule has 0 aliphatic heterocycles. The second-order valence-electron chi connectivity index (χ2n) is 5.40. The molecule has 2 rings (SSSR count). The summed E-state index contributed by atoms with van der Waals surface area (Å²) in [6.45, 7) is 2.06. The van der Waals surface area contributed by atoms with Crippen molar-refractivity contribution in [3.8, 4) is 0 Å². The van der Waals surface area contributed by atoms with Gasteiger partial charge >= 0.3 is 5.97 Å². The molecule has 0 unspecified atom stereocenters. The Morgan fingerprint density at radius 3 is 2.65 bits per heavy atom. The molecule has 0 spiro atoms. The van der Waals surface area contributed by atoms with Crippen molar-refractivity contribution in [1.29, 1.82) is 0 Å². The highest BCUT2D eigenvalue weighted by molar-refractivity contribution is 6.32. The van der Waals surface area contributed by atoms with Gasteiger partial charge in [-0.25, -0.2) is 4.79 Å². The number of hydrogen-bond donors (Lipinski definition) is 1. The molecule has 0 bridgehead atoms. The number of halogens is 1. The van der Waals surface area contributed by atoms with Gasteiger partial charge in [-0.2, -0.15) is 0 Å². The fourth-order valence-corrected chi connectivity index (χ4v) is 3.52. The second kappa shape index (κ2) is 6.94. The molecule has 1 fully saturated rings. The molecule has 1 aliphatic carbocycles. The van der Waals surface area contributed by atoms with Gasteiger partial charge in [0.05, 0.1) is 0 Å². The van der Waals surface area contributed by atoms with Crippen LogP contribution in [0.25, 0.3) is 6.08 Å². The molecule has 3 heteroatoms. The molecule has 1 N–H and O–H groups in total. The van der Waals surface area contributed by atoms with Crippen LogP contribution in [0, 0.1) is 0 Å². The maximum Gasteiger partial charge on any atom is 0.328 e. The number of carboxylic acid groups (broad SMARTS) is 1. The van der Waals surface area contributed by atoms with Crippen molar-refractivity contribution in [2.45, 2.75) is 51.4 Å². The van der Waals surface area contributed by atoms with E-state index in [9.17, 15) is 4.79 Å². The average Bonchev–Trinajstić information content (AvgIpc) is 2.46. The van der Waals surface area contributed by atoms with Gasteiger partial charge in [-0.15, -0.1) is 0 Å². The summed E-state index contributed by atoms with van der Waals surface area (Å²) >= 11 is 6.58. The van der Waals surface area contributed by atoms with E-state index < -0.39 is 5.97 Å². The fraction of sp³-hybridized carbons (Fsp3) is 0.471. The monoisotopic (exact) mass is 292 g/mol. The van der Waals surface area contributed by atoms with Gasteiger partial charge < -0.3 is 5.11 Å². The van der Waals surface area contributed by atoms with Crippen molar-refractivity contribution in [1.82, 2.24) is 0 Å². The average molecular weight is 293 g/mol. The second-order valence-corrected chi connectivity index (χ2v) is 5.77. The molecule has 0 saturated heterocycles. The maximum atomic E-state index is 10.7. The van der Waals surface area contributed by atoms with E-state index >= 15 is 0 Å². The topological polar surface area (TPSA) is 37.3 Å². The molecule has 108 valence electrons. The molecule has 2 nitrogen and oxygen atoms in total. The minimum atomic E-state index is -0.931. The Morgan fingerprint density at radius 1 is 1.35 bits per heavy atom. The van der Waals surface area contributed by atoms with E-state index in [1.807, 2.05) is 6.07 Å². The number of benzene rings is 1. The van der Waals surface area contributed by atoms with E-state index in [1.54, 1.807) is 6.08 Å². The molecule has 0 radical (unpaired) electrons. The first-order valence-corrected chi connectivity index (χ1v) is 7.73. The largest absolute Gasteiger partial charge is 0.478 e. The highest BCUT2D eigenvalue weighted by atomic mass is 35.5. The first kappa shape index (κ1) is 15.1. The zero-order chi connectivity index (χ0) is 14.5. The van der Waals surface area contributed by atoms with Crippen LogP contribution in [0.2, 0.25) is 5.02 Å². The highest BCUT2D eigenvalue weighted by Gasteiger charge is 2.20. The Morgan fingerprint density at radius 2 is 2.05 bits per heavy atom. The number of hydrogen-bond acceptors (Lipinski definition) is 1. The lowest BCUT2D eigenvalue weighted by atomic mass is 9.82. The molecule has 0 amide bonds. The predicted octanol–water partition coefficient (Wildman–Crippen LogP) is 5.05. The summed E-state index contributed by atoms with van der Waals surface area (Å²) in [5.41, 5.74) is 3.22. The first-order valence-electron chi connectivity index (χ1n) is 7.35. The molecule has 0 atom stereocenters. The predicted molar refractivity (Wildman–Crippen MR) is 83.3 cm³/mol. The summed E-state index contributed by atoms with van der Waals surface area (Å²) < 4.78 is 0. The van der Waals surface area contributed by atoms with Gasteiger partial charge in [-0.05, 0) is 47.9 Å². The van der Waals surface area contributed by atoms with Gasteiger partial charge in [0.25, 0.3) is 0 Å². The van der Waals surface area contributed by atoms with Crippen LogP contribution >= 0.6 is 11.6 Å². The number of carboxylic acids is 1. The summed E-state index contributed by atoms with van der Waals surface area (Å²) in [6.07, 6.45) is 9.95. The summed E-state index contributed by atoms with van der Waals surface area (Å²) in [7, 11) is 0. The van der Waals surface area contributed by atoms with Crippen LogP contribution < -0.4 is 0 Å². The Hall–Kier alpha value is -1.28. The Kier molecular flexibility index (Phi) is 5.24. The minimum absolute atomic E-state index is 0.569. The van der Waals surface area contributed by atoms with E-state index in [0.29, 0.717) is 5.92 Å². The van der Waals surface area contributed by atoms with Crippen LogP contribution in [0.3, 0.4) is 0 Å². The summed E-state index contributed by atoms with van der Waals surface area (Å²) in [5.74, 6) is -0.362. The fourth-order valence-electron chi connectivity index (χ4n) is 3.06. The third kappa shape index (κ3) is 3.43. The Balaban J connectivity index is 2.34. The molecule has 1 aromatic carbocycles. The molecular weight excluding hydrogens is 272 g/mol. The zero-order valence-corrected chi connectivity index (χ0v) is 12.6. The van der Waals surface area contributed by atoms with Crippen LogP contribution in [0.4, 0.5) is 0 Å². The smallest absolute Gasteiger partial charge is 0.328 e. The minimum Gasteiger partial charge on any atom is -0.478 e. The van der Waals surface area contributed by atoms with Gasteiger partial charge in [-0.3, -0.25) is 0 Å². The van der Waals surface area contributed by atoms with Crippen molar-refractivity contribution in [2.75, 3.05) is 0 Å². The first-order chi connectivity index (χ1) is 9.63. The van der Waals surface area contributed by atoms with Crippen LogP contribution in [0.1, 0.15) is 61.6 Å². The van der Waals surface area contributed by atoms with E-state index in [0.717, 1.165) is 22.6 Å². The molecule has 0 heterocycles. The third-order valence-corrected chi connectivity index (χ3v) is 4.56. The lowest BCUT2D eigenvalue weighted by Gasteiger charge is -2.24. The van der Waals surface area contributed by atoms with Gasteiger partial charge in [0.2, 0.25) is 0 Å². The molecule has 0 aromatic heterocycles. The van der Waals surface area contributed by atoms with Crippen molar-refractivity contribution in [3.05, 3.63) is 39.9 Å². The van der Waals surface area contributed by atoms with E-state index in [4.69, 9.17) is 16.7 Å². The van der Waals surface area contributed by atoms with Crippen molar-refractivity contribution in [2.24, 2.45) is 0 Å². The van der Waals surface area contributed by atoms with Crippen LogP contribution in [0.15, 0.2) is 18.2 Å². The number of aliphatic carboxylic acids is 1. The quantitative estimate of drug-likeness (QED) is 0.789. The van der Waals surface area contributed by atoms with Crippen LogP contribution in [-0.4, -0.2) is 11.1 Å². The Labute approximate surface area is 125 Å². The molecule has 1 aliphatic rings. The van der Waals surface area contributed by atoms with Crippen LogP contribution in [-0.2, 0) is 11.2 Å². The number of rotatable bonds is 4. The van der Waals surface area contributed by atoms with Gasteiger partial charge in [0.15, 0.2) is 0 Å². The highest BCUT2D eigenvalue weighted by Crippen LogP contribution is 2.38. The molecule has 20 heavy (non-hydrogen) atoms. The van der Waals surface area contributed by atoms with Crippen molar-refractivity contribution < 1.29 is 9.90 Å². The van der Waals surface area contributed by atoms with Crippen molar-refractivity contribution in [3.63, 3.8) is 0 Å². The summed E-state index contributed by atoms with van der Waals surface area (Å²) in [6, 6.07) is 4.09. The lowest BCUT2D eigenvalue weighted by molar-refractivity contribution is -0.131. The van der Waals surface area contributed by atoms with E-state index in [2.05, 4.69) is 13.0 Å².